The van der Waals surface area contributed by atoms with Crippen molar-refractivity contribution in [2.24, 2.45) is 0 Å². The molecule has 1 N–H and O–H groups in total. The third kappa shape index (κ3) is 3.02. The maximum absolute atomic E-state index is 6.06. The Morgan fingerprint density at radius 3 is 2.70 bits per heavy atom. The fourth-order valence-corrected chi connectivity index (χ4v) is 2.60. The fourth-order valence-electron chi connectivity index (χ4n) is 2.41. The SMILES string of the molecule is CCNC(CC)c1nnn(-c2cccc(Cl)c2)c1CC. The largest absolute Gasteiger partial charge is 0.309 e. The maximum atomic E-state index is 6.06. The molecule has 1 unspecified atom stereocenters. The number of hydrogen-bond donors (Lipinski definition) is 1. The minimum absolute atomic E-state index is 0.253. The van der Waals surface area contributed by atoms with Crippen molar-refractivity contribution in [2.75, 3.05) is 6.54 Å². The lowest BCUT2D eigenvalue weighted by Crippen LogP contribution is -2.21. The molecule has 0 bridgehead atoms. The molecule has 1 aromatic carbocycles. The summed E-state index contributed by atoms with van der Waals surface area (Å²) in [6, 6.07) is 7.95. The second-order valence-electron chi connectivity index (χ2n) is 4.69. The Balaban J connectivity index is 2.43. The van der Waals surface area contributed by atoms with Crippen molar-refractivity contribution in [1.82, 2.24) is 20.3 Å². The van der Waals surface area contributed by atoms with E-state index in [0.29, 0.717) is 5.02 Å². The third-order valence-electron chi connectivity index (χ3n) is 3.37. The van der Waals surface area contributed by atoms with Gasteiger partial charge in [-0.2, -0.15) is 0 Å². The smallest absolute Gasteiger partial charge is 0.103 e. The highest BCUT2D eigenvalue weighted by Gasteiger charge is 2.19. The lowest BCUT2D eigenvalue weighted by atomic mass is 10.1. The average Bonchev–Trinajstić information content (AvgIpc) is 2.88. The molecule has 0 aliphatic heterocycles. The van der Waals surface area contributed by atoms with Gasteiger partial charge in [-0.1, -0.05) is 43.7 Å². The van der Waals surface area contributed by atoms with Crippen LogP contribution in [0.4, 0.5) is 0 Å². The Bertz CT molecular complexity index is 565. The highest BCUT2D eigenvalue weighted by molar-refractivity contribution is 6.30. The van der Waals surface area contributed by atoms with Gasteiger partial charge in [-0.3, -0.25) is 0 Å². The van der Waals surface area contributed by atoms with E-state index in [1.165, 1.54) is 0 Å². The normalized spacial score (nSPS) is 12.6. The summed E-state index contributed by atoms with van der Waals surface area (Å²) in [5.74, 6) is 0. The topological polar surface area (TPSA) is 42.7 Å². The van der Waals surface area contributed by atoms with Crippen LogP contribution >= 0.6 is 11.6 Å². The zero-order valence-electron chi connectivity index (χ0n) is 12.2. The molecule has 0 aliphatic carbocycles. The number of nitrogens with zero attached hydrogens (tertiary/aromatic N) is 3. The van der Waals surface area contributed by atoms with Gasteiger partial charge in [0.25, 0.3) is 0 Å². The Morgan fingerprint density at radius 2 is 2.10 bits per heavy atom. The zero-order chi connectivity index (χ0) is 14.5. The molecular formula is C15H21ClN4. The standard InChI is InChI=1S/C15H21ClN4/c1-4-13(17-6-3)15-14(5-2)20(19-18-15)12-9-7-8-11(16)10-12/h7-10,13,17H,4-6H2,1-3H3. The van der Waals surface area contributed by atoms with Crippen LogP contribution in [0.25, 0.3) is 5.69 Å². The van der Waals surface area contributed by atoms with Crippen LogP contribution in [0.5, 0.6) is 0 Å². The molecule has 108 valence electrons. The second-order valence-corrected chi connectivity index (χ2v) is 5.12. The molecule has 20 heavy (non-hydrogen) atoms. The molecule has 0 radical (unpaired) electrons. The van der Waals surface area contributed by atoms with Crippen molar-refractivity contribution < 1.29 is 0 Å². The van der Waals surface area contributed by atoms with Crippen LogP contribution in [0.2, 0.25) is 5.02 Å². The summed E-state index contributed by atoms with van der Waals surface area (Å²) in [5, 5.41) is 12.9. The van der Waals surface area contributed by atoms with E-state index >= 15 is 0 Å². The molecular weight excluding hydrogens is 272 g/mol. The van der Waals surface area contributed by atoms with E-state index in [9.17, 15) is 0 Å². The van der Waals surface area contributed by atoms with E-state index in [1.54, 1.807) is 0 Å². The molecule has 0 saturated carbocycles. The third-order valence-corrected chi connectivity index (χ3v) is 3.60. The van der Waals surface area contributed by atoms with Crippen LogP contribution in [0, 0.1) is 0 Å². The van der Waals surface area contributed by atoms with E-state index in [1.807, 2.05) is 28.9 Å². The lowest BCUT2D eigenvalue weighted by Gasteiger charge is -2.15. The van der Waals surface area contributed by atoms with Gasteiger partial charge in [0.1, 0.15) is 5.69 Å². The Kier molecular flexibility index (Phi) is 5.15. The summed E-state index contributed by atoms with van der Waals surface area (Å²) in [5.41, 5.74) is 3.14. The molecule has 2 aromatic rings. The average molecular weight is 293 g/mol. The second kappa shape index (κ2) is 6.86. The molecule has 1 aromatic heterocycles. The first-order chi connectivity index (χ1) is 9.71. The number of hydrogen-bond acceptors (Lipinski definition) is 3. The van der Waals surface area contributed by atoms with Crippen LogP contribution in [0.3, 0.4) is 0 Å². The Hall–Kier alpha value is -1.39. The van der Waals surface area contributed by atoms with Crippen LogP contribution in [0.15, 0.2) is 24.3 Å². The number of benzene rings is 1. The number of rotatable bonds is 6. The summed E-state index contributed by atoms with van der Waals surface area (Å²) in [7, 11) is 0. The lowest BCUT2D eigenvalue weighted by molar-refractivity contribution is 0.520. The predicted molar refractivity (Wildman–Crippen MR) is 82.5 cm³/mol. The van der Waals surface area contributed by atoms with E-state index in [0.717, 1.165) is 36.5 Å². The molecule has 0 saturated heterocycles. The first kappa shape index (κ1) is 15.0. The van der Waals surface area contributed by atoms with Crippen molar-refractivity contribution in [1.29, 1.82) is 0 Å². The highest BCUT2D eigenvalue weighted by Crippen LogP contribution is 2.22. The maximum Gasteiger partial charge on any atom is 0.103 e. The van der Waals surface area contributed by atoms with Gasteiger partial charge in [0.05, 0.1) is 17.4 Å². The van der Waals surface area contributed by atoms with Crippen LogP contribution in [-0.2, 0) is 6.42 Å². The van der Waals surface area contributed by atoms with Crippen LogP contribution in [-0.4, -0.2) is 21.5 Å². The van der Waals surface area contributed by atoms with Gasteiger partial charge >= 0.3 is 0 Å². The molecule has 0 spiro atoms. The van der Waals surface area contributed by atoms with Gasteiger partial charge in [-0.05, 0) is 37.6 Å². The fraction of sp³-hybridized carbons (Fsp3) is 0.467. The molecule has 2 rings (SSSR count). The van der Waals surface area contributed by atoms with E-state index in [4.69, 9.17) is 11.6 Å². The number of aromatic nitrogens is 3. The van der Waals surface area contributed by atoms with E-state index < -0.39 is 0 Å². The summed E-state index contributed by atoms with van der Waals surface area (Å²) in [4.78, 5) is 0. The van der Waals surface area contributed by atoms with Gasteiger partial charge < -0.3 is 5.32 Å². The number of nitrogens with one attached hydrogen (secondary N) is 1. The van der Waals surface area contributed by atoms with E-state index in [-0.39, 0.29) is 6.04 Å². The molecule has 1 atom stereocenters. The summed E-state index contributed by atoms with van der Waals surface area (Å²) < 4.78 is 1.89. The van der Waals surface area contributed by atoms with Crippen molar-refractivity contribution >= 4 is 11.6 Å². The summed E-state index contributed by atoms with van der Waals surface area (Å²) in [6.45, 7) is 7.31. The molecule has 0 aliphatic rings. The van der Waals surface area contributed by atoms with Crippen molar-refractivity contribution in [3.05, 3.63) is 40.7 Å². The molecule has 5 heteroatoms. The Morgan fingerprint density at radius 1 is 1.30 bits per heavy atom. The van der Waals surface area contributed by atoms with Crippen LogP contribution < -0.4 is 5.32 Å². The van der Waals surface area contributed by atoms with Crippen molar-refractivity contribution in [3.63, 3.8) is 0 Å². The van der Waals surface area contributed by atoms with Gasteiger partial charge in [0.2, 0.25) is 0 Å². The number of halogens is 1. The monoisotopic (exact) mass is 292 g/mol. The molecule has 1 heterocycles. The van der Waals surface area contributed by atoms with Gasteiger partial charge in [-0.25, -0.2) is 4.68 Å². The minimum Gasteiger partial charge on any atom is -0.309 e. The van der Waals surface area contributed by atoms with Gasteiger partial charge in [0.15, 0.2) is 0 Å². The quantitative estimate of drug-likeness (QED) is 0.885. The van der Waals surface area contributed by atoms with Crippen molar-refractivity contribution in [2.45, 2.75) is 39.7 Å². The molecule has 0 amide bonds. The first-order valence-electron chi connectivity index (χ1n) is 7.15. The Labute approximate surface area is 125 Å². The van der Waals surface area contributed by atoms with Gasteiger partial charge in [-0.15, -0.1) is 5.10 Å². The highest BCUT2D eigenvalue weighted by atomic mass is 35.5. The summed E-state index contributed by atoms with van der Waals surface area (Å²) >= 11 is 6.06. The summed E-state index contributed by atoms with van der Waals surface area (Å²) in [6.07, 6.45) is 1.88. The predicted octanol–water partition coefficient (Wildman–Crippen LogP) is 3.54. The minimum atomic E-state index is 0.253. The van der Waals surface area contributed by atoms with Gasteiger partial charge in [0, 0.05) is 5.02 Å². The molecule has 0 fully saturated rings. The van der Waals surface area contributed by atoms with Crippen LogP contribution in [0.1, 0.15) is 44.6 Å². The molecule has 4 nitrogen and oxygen atoms in total. The van der Waals surface area contributed by atoms with E-state index in [2.05, 4.69) is 36.4 Å². The zero-order valence-corrected chi connectivity index (χ0v) is 13.0. The first-order valence-corrected chi connectivity index (χ1v) is 7.52. The van der Waals surface area contributed by atoms with Crippen molar-refractivity contribution in [3.8, 4) is 5.69 Å².